The number of amides is 2. The molecule has 7 nitrogen and oxygen atoms in total. The van der Waals surface area contributed by atoms with Crippen LogP contribution >= 0.6 is 0 Å². The Bertz CT molecular complexity index is 450. The van der Waals surface area contributed by atoms with Gasteiger partial charge in [0.15, 0.2) is 6.10 Å². The highest BCUT2D eigenvalue weighted by molar-refractivity contribution is 5.90. The molecule has 1 aromatic carbocycles. The number of aliphatic hydroxyl groups is 1. The lowest BCUT2D eigenvalue weighted by atomic mass is 10.2. The number of ether oxygens (including phenoxy) is 1. The maximum atomic E-state index is 11.5. The number of aliphatic hydroxyl groups excluding tert-OH is 1. The molecule has 0 fully saturated rings. The molecule has 0 saturated carbocycles. The molecule has 2 amide bonds. The van der Waals surface area contributed by atoms with Gasteiger partial charge in [-0.25, -0.2) is 9.59 Å². The quantitative estimate of drug-likeness (QED) is 0.597. The van der Waals surface area contributed by atoms with E-state index in [1.54, 1.807) is 25.3 Å². The molecule has 0 saturated heterocycles. The van der Waals surface area contributed by atoms with E-state index in [2.05, 4.69) is 10.6 Å². The summed E-state index contributed by atoms with van der Waals surface area (Å²) in [5, 5.41) is 22.3. The van der Waals surface area contributed by atoms with E-state index in [1.165, 1.54) is 0 Å². The number of nitrogens with one attached hydrogen (secondary N) is 2. The summed E-state index contributed by atoms with van der Waals surface area (Å²) in [5.74, 6) is -1.39. The molecule has 0 radical (unpaired) electrons. The van der Waals surface area contributed by atoms with Crippen molar-refractivity contribution in [2.45, 2.75) is 12.7 Å². The molecule has 4 N–H and O–H groups in total. The summed E-state index contributed by atoms with van der Waals surface area (Å²) >= 11 is 0. The average Bonchev–Trinajstić information content (AvgIpc) is 2.38. The largest absolute Gasteiger partial charge is 0.479 e. The predicted octanol–water partition coefficient (Wildman–Crippen LogP) is 0.400. The molecule has 0 bridgehead atoms. The molecule has 0 heterocycles. The van der Waals surface area contributed by atoms with Crippen LogP contribution in [0.4, 0.5) is 10.5 Å². The molecule has 0 aliphatic rings. The van der Waals surface area contributed by atoms with Gasteiger partial charge in [-0.2, -0.15) is 0 Å². The minimum atomic E-state index is -1.63. The summed E-state index contributed by atoms with van der Waals surface area (Å²) < 4.78 is 4.99. The molecule has 7 heteroatoms. The van der Waals surface area contributed by atoms with Crippen LogP contribution in [0.15, 0.2) is 24.3 Å². The first-order chi connectivity index (χ1) is 9.04. The highest BCUT2D eigenvalue weighted by atomic mass is 16.5. The van der Waals surface area contributed by atoms with Crippen molar-refractivity contribution in [3.63, 3.8) is 0 Å². The second-order valence-electron chi connectivity index (χ2n) is 3.78. The number of para-hydroxylation sites is 1. The first-order valence-corrected chi connectivity index (χ1v) is 5.57. The van der Waals surface area contributed by atoms with Crippen molar-refractivity contribution in [1.29, 1.82) is 0 Å². The van der Waals surface area contributed by atoms with E-state index >= 15 is 0 Å². The van der Waals surface area contributed by atoms with Crippen LogP contribution in [0.1, 0.15) is 5.56 Å². The Balaban J connectivity index is 2.55. The third-order valence-corrected chi connectivity index (χ3v) is 2.31. The number of benzene rings is 1. The van der Waals surface area contributed by atoms with Gasteiger partial charge < -0.3 is 25.6 Å². The molecule has 1 unspecified atom stereocenters. The van der Waals surface area contributed by atoms with Gasteiger partial charge in [-0.3, -0.25) is 0 Å². The summed E-state index contributed by atoms with van der Waals surface area (Å²) in [4.78, 5) is 21.9. The smallest absolute Gasteiger partial charge is 0.334 e. The van der Waals surface area contributed by atoms with Crippen LogP contribution in [0.5, 0.6) is 0 Å². The third-order valence-electron chi connectivity index (χ3n) is 2.31. The van der Waals surface area contributed by atoms with Crippen molar-refractivity contribution in [2.24, 2.45) is 0 Å². The lowest BCUT2D eigenvalue weighted by molar-refractivity contribution is -0.146. The standard InChI is InChI=1S/C12H16N2O5/c1-19-7-8-4-2-3-5-9(8)14-12(18)13-6-10(15)11(16)17/h2-5,10,15H,6-7H2,1H3,(H,16,17)(H2,13,14,18). The Morgan fingerprint density at radius 2 is 2.05 bits per heavy atom. The zero-order chi connectivity index (χ0) is 14.3. The highest BCUT2D eigenvalue weighted by Gasteiger charge is 2.14. The van der Waals surface area contributed by atoms with Crippen LogP contribution in [0, 0.1) is 0 Å². The maximum absolute atomic E-state index is 11.5. The number of hydrogen-bond donors (Lipinski definition) is 4. The number of rotatable bonds is 6. The molecule has 0 aromatic heterocycles. The van der Waals surface area contributed by atoms with Crippen LogP contribution in [0.2, 0.25) is 0 Å². The van der Waals surface area contributed by atoms with Crippen molar-refractivity contribution >= 4 is 17.7 Å². The fraction of sp³-hybridized carbons (Fsp3) is 0.333. The van der Waals surface area contributed by atoms with E-state index in [0.717, 1.165) is 5.56 Å². The molecular weight excluding hydrogens is 252 g/mol. The van der Waals surface area contributed by atoms with Gasteiger partial charge >= 0.3 is 12.0 Å². The van der Waals surface area contributed by atoms with Gasteiger partial charge in [0.2, 0.25) is 0 Å². The molecule has 1 atom stereocenters. The van der Waals surface area contributed by atoms with Gasteiger partial charge in [-0.1, -0.05) is 18.2 Å². The average molecular weight is 268 g/mol. The minimum Gasteiger partial charge on any atom is -0.479 e. The van der Waals surface area contributed by atoms with Gasteiger partial charge in [0.25, 0.3) is 0 Å². The zero-order valence-electron chi connectivity index (χ0n) is 10.4. The number of carboxylic acids is 1. The van der Waals surface area contributed by atoms with Gasteiger partial charge in [0.1, 0.15) is 0 Å². The summed E-state index contributed by atoms with van der Waals surface area (Å²) in [6, 6.07) is 6.46. The Kier molecular flexibility index (Phi) is 5.77. The zero-order valence-corrected chi connectivity index (χ0v) is 10.4. The van der Waals surface area contributed by atoms with Crippen LogP contribution in [-0.4, -0.2) is 42.0 Å². The summed E-state index contributed by atoms with van der Waals surface area (Å²) in [6.07, 6.45) is -1.63. The normalized spacial score (nSPS) is 11.7. The number of carbonyl (C=O) groups is 2. The Labute approximate surface area is 110 Å². The summed E-state index contributed by atoms with van der Waals surface area (Å²) in [6.45, 7) is -0.0260. The Hall–Kier alpha value is -2.12. The Morgan fingerprint density at radius 3 is 2.68 bits per heavy atom. The fourth-order valence-corrected chi connectivity index (χ4v) is 1.37. The van der Waals surface area contributed by atoms with Crippen LogP contribution in [0.25, 0.3) is 0 Å². The molecule has 104 valence electrons. The van der Waals surface area contributed by atoms with Crippen molar-refractivity contribution in [3.8, 4) is 0 Å². The van der Waals surface area contributed by atoms with Crippen LogP contribution in [-0.2, 0) is 16.1 Å². The number of aliphatic carboxylic acids is 1. The lowest BCUT2D eigenvalue weighted by Crippen LogP contribution is -2.38. The number of urea groups is 1. The van der Waals surface area contributed by atoms with E-state index in [1.807, 2.05) is 6.07 Å². The monoisotopic (exact) mass is 268 g/mol. The second kappa shape index (κ2) is 7.34. The fourth-order valence-electron chi connectivity index (χ4n) is 1.37. The van der Waals surface area contributed by atoms with E-state index in [9.17, 15) is 9.59 Å². The van der Waals surface area contributed by atoms with Crippen molar-refractivity contribution < 1.29 is 24.5 Å². The molecule has 1 rings (SSSR count). The second-order valence-corrected chi connectivity index (χ2v) is 3.78. The van der Waals surface area contributed by atoms with E-state index in [0.29, 0.717) is 12.3 Å². The predicted molar refractivity (Wildman–Crippen MR) is 67.8 cm³/mol. The van der Waals surface area contributed by atoms with Gasteiger partial charge in [-0.15, -0.1) is 0 Å². The summed E-state index contributed by atoms with van der Waals surface area (Å²) in [7, 11) is 1.54. The number of anilines is 1. The number of methoxy groups -OCH3 is 1. The van der Waals surface area contributed by atoms with Crippen LogP contribution in [0.3, 0.4) is 0 Å². The minimum absolute atomic E-state index is 0.341. The van der Waals surface area contributed by atoms with Crippen molar-refractivity contribution in [2.75, 3.05) is 19.0 Å². The topological polar surface area (TPSA) is 108 Å². The number of hydrogen-bond acceptors (Lipinski definition) is 4. The van der Waals surface area contributed by atoms with Gasteiger partial charge in [-0.05, 0) is 6.07 Å². The highest BCUT2D eigenvalue weighted by Crippen LogP contribution is 2.15. The maximum Gasteiger partial charge on any atom is 0.334 e. The van der Waals surface area contributed by atoms with E-state index in [-0.39, 0.29) is 6.54 Å². The lowest BCUT2D eigenvalue weighted by Gasteiger charge is -2.12. The van der Waals surface area contributed by atoms with Gasteiger partial charge in [0, 0.05) is 18.4 Å². The third kappa shape index (κ3) is 4.94. The van der Waals surface area contributed by atoms with E-state index < -0.39 is 18.1 Å². The van der Waals surface area contributed by atoms with Crippen LogP contribution < -0.4 is 10.6 Å². The number of carbonyl (C=O) groups excluding carboxylic acids is 1. The molecule has 1 aromatic rings. The molecule has 0 aliphatic heterocycles. The summed E-state index contributed by atoms with van der Waals surface area (Å²) in [5.41, 5.74) is 1.35. The molecule has 0 spiro atoms. The first kappa shape index (κ1) is 14.9. The SMILES string of the molecule is COCc1ccccc1NC(=O)NCC(O)C(=O)O. The van der Waals surface area contributed by atoms with Crippen molar-refractivity contribution in [3.05, 3.63) is 29.8 Å². The molecule has 0 aliphatic carbocycles. The van der Waals surface area contributed by atoms with Crippen molar-refractivity contribution in [1.82, 2.24) is 5.32 Å². The Morgan fingerprint density at radius 1 is 1.37 bits per heavy atom. The van der Waals surface area contributed by atoms with Gasteiger partial charge in [0.05, 0.1) is 13.2 Å². The molecule has 19 heavy (non-hydrogen) atoms. The van der Waals surface area contributed by atoms with E-state index in [4.69, 9.17) is 14.9 Å². The molecular formula is C12H16N2O5. The number of carboxylic acid groups (broad SMARTS) is 1. The first-order valence-electron chi connectivity index (χ1n) is 5.57.